The van der Waals surface area contributed by atoms with Crippen LogP contribution in [-0.4, -0.2) is 20.0 Å². The molecule has 1 aliphatic rings. The van der Waals surface area contributed by atoms with Crippen molar-refractivity contribution in [2.24, 2.45) is 5.92 Å². The summed E-state index contributed by atoms with van der Waals surface area (Å²) in [7, 11) is 0. The van der Waals surface area contributed by atoms with Gasteiger partial charge in [0.25, 0.3) is 0 Å². The minimum atomic E-state index is 0.477. The van der Waals surface area contributed by atoms with E-state index in [0.29, 0.717) is 12.7 Å². The molecule has 0 saturated carbocycles. The fraction of sp³-hybridized carbons (Fsp3) is 0.520. The van der Waals surface area contributed by atoms with E-state index in [1.807, 2.05) is 0 Å². The molecule has 1 aliphatic heterocycles. The highest BCUT2D eigenvalue weighted by molar-refractivity contribution is 5.67. The summed E-state index contributed by atoms with van der Waals surface area (Å²) in [5.74, 6) is 0.587. The first-order valence-electron chi connectivity index (χ1n) is 10.7. The maximum Gasteiger partial charge on any atom is 0.146 e. The summed E-state index contributed by atoms with van der Waals surface area (Å²) in [5.41, 5.74) is 5.75. The Morgan fingerprint density at radius 2 is 1.63 bits per heavy atom. The molecule has 0 spiro atoms. The molecule has 2 heteroatoms. The Kier molecular flexibility index (Phi) is 8.38. The summed E-state index contributed by atoms with van der Waals surface area (Å²) in [6, 6.07) is 18.0. The number of aryl methyl sites for hydroxylation is 2. The standard InChI is InChI=1S/C25H34O2/c1-2-3-5-14-24-17-21(10-8-9-11-22-18-26-20-27-19-22)15-16-25(24)23-12-6-4-7-13-23/h4,6-7,12-13,15-17,22H,2-3,5,8-11,14,18-20H2,1H3. The van der Waals surface area contributed by atoms with Gasteiger partial charge in [0.2, 0.25) is 0 Å². The van der Waals surface area contributed by atoms with Crippen LogP contribution in [0.1, 0.15) is 56.6 Å². The maximum absolute atomic E-state index is 5.39. The second-order valence-electron chi connectivity index (χ2n) is 7.79. The fourth-order valence-corrected chi connectivity index (χ4v) is 3.94. The average Bonchev–Trinajstić information content (AvgIpc) is 2.73. The van der Waals surface area contributed by atoms with Crippen LogP contribution in [0.3, 0.4) is 0 Å². The van der Waals surface area contributed by atoms with Crippen molar-refractivity contribution in [1.29, 1.82) is 0 Å². The Morgan fingerprint density at radius 3 is 2.41 bits per heavy atom. The summed E-state index contributed by atoms with van der Waals surface area (Å²) >= 11 is 0. The van der Waals surface area contributed by atoms with Crippen molar-refractivity contribution < 1.29 is 9.47 Å². The Bertz CT molecular complexity index is 659. The van der Waals surface area contributed by atoms with Gasteiger partial charge in [-0.25, -0.2) is 0 Å². The second kappa shape index (κ2) is 11.3. The molecule has 0 radical (unpaired) electrons. The molecule has 0 unspecified atom stereocenters. The summed E-state index contributed by atoms with van der Waals surface area (Å²) in [6.45, 7) is 4.49. The van der Waals surface area contributed by atoms with Gasteiger partial charge >= 0.3 is 0 Å². The van der Waals surface area contributed by atoms with E-state index in [0.717, 1.165) is 13.2 Å². The molecule has 1 saturated heterocycles. The molecule has 1 fully saturated rings. The van der Waals surface area contributed by atoms with Gasteiger partial charge in [0.05, 0.1) is 13.2 Å². The SMILES string of the molecule is CCCCCc1cc(CCCCC2COCOC2)ccc1-c1ccccc1. The van der Waals surface area contributed by atoms with Crippen LogP contribution in [0, 0.1) is 5.92 Å². The molecule has 2 aromatic carbocycles. The zero-order chi connectivity index (χ0) is 18.7. The molecule has 2 aromatic rings. The number of benzene rings is 2. The number of hydrogen-bond acceptors (Lipinski definition) is 2. The van der Waals surface area contributed by atoms with Crippen molar-refractivity contribution in [3.8, 4) is 11.1 Å². The normalized spacial score (nSPS) is 15.1. The van der Waals surface area contributed by atoms with E-state index in [9.17, 15) is 0 Å². The van der Waals surface area contributed by atoms with Gasteiger partial charge in [-0.05, 0) is 54.4 Å². The van der Waals surface area contributed by atoms with Crippen molar-refractivity contribution in [1.82, 2.24) is 0 Å². The van der Waals surface area contributed by atoms with Crippen molar-refractivity contribution in [3.05, 3.63) is 59.7 Å². The van der Waals surface area contributed by atoms with Crippen LogP contribution in [0.2, 0.25) is 0 Å². The van der Waals surface area contributed by atoms with E-state index in [1.54, 1.807) is 0 Å². The smallest absolute Gasteiger partial charge is 0.146 e. The molecular weight excluding hydrogens is 332 g/mol. The number of unbranched alkanes of at least 4 members (excludes halogenated alkanes) is 3. The lowest BCUT2D eigenvalue weighted by molar-refractivity contribution is -0.127. The van der Waals surface area contributed by atoms with Crippen molar-refractivity contribution >= 4 is 0 Å². The summed E-state index contributed by atoms with van der Waals surface area (Å²) in [5, 5.41) is 0. The minimum absolute atomic E-state index is 0.477. The topological polar surface area (TPSA) is 18.5 Å². The van der Waals surface area contributed by atoms with Crippen LogP contribution in [0.5, 0.6) is 0 Å². The van der Waals surface area contributed by atoms with Gasteiger partial charge in [-0.15, -0.1) is 0 Å². The van der Waals surface area contributed by atoms with Gasteiger partial charge < -0.3 is 9.47 Å². The van der Waals surface area contributed by atoms with Crippen LogP contribution < -0.4 is 0 Å². The van der Waals surface area contributed by atoms with Crippen LogP contribution >= 0.6 is 0 Å². The van der Waals surface area contributed by atoms with Crippen molar-refractivity contribution in [2.75, 3.05) is 20.0 Å². The molecule has 146 valence electrons. The molecule has 0 atom stereocenters. The number of rotatable bonds is 10. The molecule has 0 N–H and O–H groups in total. The Hall–Kier alpha value is -1.64. The van der Waals surface area contributed by atoms with E-state index >= 15 is 0 Å². The number of hydrogen-bond donors (Lipinski definition) is 0. The molecule has 0 aromatic heterocycles. The van der Waals surface area contributed by atoms with Gasteiger partial charge in [-0.1, -0.05) is 74.7 Å². The van der Waals surface area contributed by atoms with Gasteiger partial charge in [0.15, 0.2) is 0 Å². The highest BCUT2D eigenvalue weighted by atomic mass is 16.7. The molecule has 3 rings (SSSR count). The highest BCUT2D eigenvalue weighted by Gasteiger charge is 2.13. The highest BCUT2D eigenvalue weighted by Crippen LogP contribution is 2.27. The molecular formula is C25H34O2. The monoisotopic (exact) mass is 366 g/mol. The predicted octanol–water partition coefficient (Wildman–Crippen LogP) is 6.42. The Balaban J connectivity index is 1.59. The Morgan fingerprint density at radius 1 is 0.852 bits per heavy atom. The summed E-state index contributed by atoms with van der Waals surface area (Å²) in [4.78, 5) is 0. The quantitative estimate of drug-likeness (QED) is 0.452. The van der Waals surface area contributed by atoms with Crippen LogP contribution in [0.4, 0.5) is 0 Å². The zero-order valence-corrected chi connectivity index (χ0v) is 16.8. The Labute approximate surface area is 164 Å². The molecule has 0 amide bonds. The summed E-state index contributed by atoms with van der Waals surface area (Å²) < 4.78 is 10.8. The lowest BCUT2D eigenvalue weighted by Crippen LogP contribution is -2.23. The lowest BCUT2D eigenvalue weighted by atomic mass is 9.92. The third kappa shape index (κ3) is 6.48. The van der Waals surface area contributed by atoms with Crippen LogP contribution in [-0.2, 0) is 22.3 Å². The first-order valence-corrected chi connectivity index (χ1v) is 10.7. The third-order valence-corrected chi connectivity index (χ3v) is 5.51. The molecule has 27 heavy (non-hydrogen) atoms. The minimum Gasteiger partial charge on any atom is -0.355 e. The fourth-order valence-electron chi connectivity index (χ4n) is 3.94. The van der Waals surface area contributed by atoms with Crippen LogP contribution in [0.25, 0.3) is 11.1 Å². The first-order chi connectivity index (χ1) is 13.4. The van der Waals surface area contributed by atoms with E-state index in [2.05, 4.69) is 55.5 Å². The predicted molar refractivity (Wildman–Crippen MR) is 113 cm³/mol. The van der Waals surface area contributed by atoms with Gasteiger partial charge in [0, 0.05) is 5.92 Å². The van der Waals surface area contributed by atoms with Crippen molar-refractivity contribution in [2.45, 2.75) is 58.3 Å². The van der Waals surface area contributed by atoms with Gasteiger partial charge in [-0.2, -0.15) is 0 Å². The third-order valence-electron chi connectivity index (χ3n) is 5.51. The second-order valence-corrected chi connectivity index (χ2v) is 7.79. The van der Waals surface area contributed by atoms with E-state index in [-0.39, 0.29) is 0 Å². The largest absolute Gasteiger partial charge is 0.355 e. The van der Waals surface area contributed by atoms with Crippen molar-refractivity contribution in [3.63, 3.8) is 0 Å². The van der Waals surface area contributed by atoms with Gasteiger partial charge in [0.1, 0.15) is 6.79 Å². The number of ether oxygens (including phenoxy) is 2. The van der Waals surface area contributed by atoms with Crippen LogP contribution in [0.15, 0.2) is 48.5 Å². The van der Waals surface area contributed by atoms with E-state index in [4.69, 9.17) is 9.47 Å². The maximum atomic E-state index is 5.39. The molecule has 2 nitrogen and oxygen atoms in total. The molecule has 0 bridgehead atoms. The summed E-state index contributed by atoms with van der Waals surface area (Å²) in [6.07, 6.45) is 9.93. The lowest BCUT2D eigenvalue weighted by Gasteiger charge is -2.22. The van der Waals surface area contributed by atoms with E-state index in [1.165, 1.54) is 73.6 Å². The molecule has 1 heterocycles. The zero-order valence-electron chi connectivity index (χ0n) is 16.8. The van der Waals surface area contributed by atoms with Gasteiger partial charge in [-0.3, -0.25) is 0 Å². The van der Waals surface area contributed by atoms with E-state index < -0.39 is 0 Å². The molecule has 0 aliphatic carbocycles. The first kappa shape index (κ1) is 20.1. The average molecular weight is 367 g/mol.